The maximum Gasteiger partial charge on any atom is 0.309 e. The van der Waals surface area contributed by atoms with Crippen LogP contribution < -0.4 is 11.5 Å². The number of hydrogen-bond acceptors (Lipinski definition) is 2. The van der Waals surface area contributed by atoms with E-state index in [1.807, 2.05) is 0 Å². The molecule has 2 amide bonds. The minimum atomic E-state index is -0.833. The first kappa shape index (κ1) is 27.0. The highest BCUT2D eigenvalue weighted by molar-refractivity contribution is 5.69. The Hall–Kier alpha value is -1.26. The maximum absolute atomic E-state index is 10.4. The van der Waals surface area contributed by atoms with Gasteiger partial charge >= 0.3 is 12.0 Å². The van der Waals surface area contributed by atoms with E-state index in [1.165, 1.54) is 96.3 Å². The van der Waals surface area contributed by atoms with Crippen molar-refractivity contribution in [1.29, 1.82) is 0 Å². The lowest BCUT2D eigenvalue weighted by atomic mass is 10.0. The van der Waals surface area contributed by atoms with Crippen LogP contribution in [0.25, 0.3) is 0 Å². The fourth-order valence-electron chi connectivity index (χ4n) is 3.00. The molecule has 0 atom stereocenters. The molecule has 0 spiro atoms. The number of amides is 2. The van der Waals surface area contributed by atoms with Gasteiger partial charge in [0, 0.05) is 6.42 Å². The molecule has 0 heterocycles. The summed E-state index contributed by atoms with van der Waals surface area (Å²) in [6, 6.07) is -0.833. The molecule has 0 aliphatic heterocycles. The number of aliphatic carboxylic acids is 1. The average molecular weight is 373 g/mol. The van der Waals surface area contributed by atoms with Crippen LogP contribution >= 0.6 is 0 Å². The molecule has 0 aromatic rings. The lowest BCUT2D eigenvalue weighted by Gasteiger charge is -2.03. The van der Waals surface area contributed by atoms with Crippen molar-refractivity contribution in [3.05, 3.63) is 0 Å². The molecule has 0 aliphatic rings. The van der Waals surface area contributed by atoms with Crippen molar-refractivity contribution in [2.45, 2.75) is 122 Å². The predicted octanol–water partition coefficient (Wildman–Crippen LogP) is 6.14. The fraction of sp³-hybridized carbons (Fsp3) is 0.905. The van der Waals surface area contributed by atoms with Gasteiger partial charge in [0.1, 0.15) is 0 Å². The maximum atomic E-state index is 10.4. The van der Waals surface area contributed by atoms with Gasteiger partial charge < -0.3 is 16.6 Å². The predicted molar refractivity (Wildman–Crippen MR) is 110 cm³/mol. The van der Waals surface area contributed by atoms with E-state index in [0.29, 0.717) is 6.42 Å². The van der Waals surface area contributed by atoms with Gasteiger partial charge in [-0.25, -0.2) is 4.79 Å². The molecule has 0 saturated heterocycles. The monoisotopic (exact) mass is 372 g/mol. The summed E-state index contributed by atoms with van der Waals surface area (Å²) in [7, 11) is 0. The largest absolute Gasteiger partial charge is 0.481 e. The fourth-order valence-corrected chi connectivity index (χ4v) is 3.00. The summed E-state index contributed by atoms with van der Waals surface area (Å²) in [5.74, 6) is -0.652. The first-order chi connectivity index (χ1) is 12.5. The van der Waals surface area contributed by atoms with Crippen molar-refractivity contribution in [1.82, 2.24) is 0 Å². The minimum absolute atomic E-state index is 0.346. The van der Waals surface area contributed by atoms with E-state index >= 15 is 0 Å². The van der Waals surface area contributed by atoms with E-state index in [9.17, 15) is 4.79 Å². The summed E-state index contributed by atoms with van der Waals surface area (Å²) < 4.78 is 0. The third kappa shape index (κ3) is 34.2. The van der Waals surface area contributed by atoms with Crippen LogP contribution in [0.3, 0.4) is 0 Å². The molecule has 0 aromatic carbocycles. The Balaban J connectivity index is 0. The minimum Gasteiger partial charge on any atom is -0.481 e. The zero-order valence-corrected chi connectivity index (χ0v) is 17.1. The molecule has 0 rings (SSSR count). The standard InChI is InChI=1S/C20H40O2.CH4N2O/c1-2-3-4-5-6-7-8-9-10-11-12-13-14-15-16-17-18-19-20(21)22;2-1(3)4/h2-19H2,1H3,(H,21,22);(H4,2,3,4). The highest BCUT2D eigenvalue weighted by Gasteiger charge is 1.97. The summed E-state index contributed by atoms with van der Waals surface area (Å²) in [6.07, 6.45) is 23.1. The number of rotatable bonds is 18. The smallest absolute Gasteiger partial charge is 0.309 e. The van der Waals surface area contributed by atoms with Gasteiger partial charge in [-0.3, -0.25) is 4.79 Å². The molecular weight excluding hydrogens is 328 g/mol. The number of urea groups is 1. The molecule has 0 unspecified atom stereocenters. The molecular formula is C21H44N2O3. The second kappa shape index (κ2) is 23.7. The Labute approximate surface area is 161 Å². The van der Waals surface area contributed by atoms with Crippen LogP contribution in [0.4, 0.5) is 4.79 Å². The molecule has 0 aliphatic carbocycles. The topological polar surface area (TPSA) is 106 Å². The van der Waals surface area contributed by atoms with Gasteiger partial charge in [0.2, 0.25) is 0 Å². The lowest BCUT2D eigenvalue weighted by molar-refractivity contribution is -0.137. The van der Waals surface area contributed by atoms with Crippen molar-refractivity contribution < 1.29 is 14.7 Å². The van der Waals surface area contributed by atoms with Gasteiger partial charge in [0.25, 0.3) is 0 Å². The van der Waals surface area contributed by atoms with Gasteiger partial charge in [-0.2, -0.15) is 0 Å². The molecule has 0 radical (unpaired) electrons. The zero-order valence-electron chi connectivity index (χ0n) is 17.1. The summed E-state index contributed by atoms with van der Waals surface area (Å²) in [4.78, 5) is 19.4. The summed E-state index contributed by atoms with van der Waals surface area (Å²) in [5.41, 5.74) is 8.50. The number of carboxylic acid groups (broad SMARTS) is 1. The van der Waals surface area contributed by atoms with Crippen LogP contribution in [0.2, 0.25) is 0 Å². The Morgan fingerprint density at radius 1 is 0.577 bits per heavy atom. The van der Waals surface area contributed by atoms with Crippen molar-refractivity contribution in [3.63, 3.8) is 0 Å². The molecule has 0 aromatic heterocycles. The number of unbranched alkanes of at least 4 members (excludes halogenated alkanes) is 16. The Morgan fingerprint density at radius 3 is 1.04 bits per heavy atom. The van der Waals surface area contributed by atoms with Gasteiger partial charge in [-0.1, -0.05) is 110 Å². The lowest BCUT2D eigenvalue weighted by Crippen LogP contribution is -2.18. The van der Waals surface area contributed by atoms with E-state index in [0.717, 1.165) is 12.8 Å². The van der Waals surface area contributed by atoms with Gasteiger partial charge in [0.15, 0.2) is 0 Å². The van der Waals surface area contributed by atoms with Crippen LogP contribution in [0.1, 0.15) is 122 Å². The van der Waals surface area contributed by atoms with Gasteiger partial charge in [-0.05, 0) is 6.42 Å². The van der Waals surface area contributed by atoms with E-state index in [4.69, 9.17) is 9.90 Å². The number of carbonyl (C=O) groups is 2. The van der Waals surface area contributed by atoms with E-state index in [-0.39, 0.29) is 0 Å². The molecule has 5 heteroatoms. The van der Waals surface area contributed by atoms with Gasteiger partial charge in [-0.15, -0.1) is 0 Å². The number of carbonyl (C=O) groups excluding carboxylic acids is 1. The van der Waals surface area contributed by atoms with E-state index < -0.39 is 12.0 Å². The molecule has 5 nitrogen and oxygen atoms in total. The van der Waals surface area contributed by atoms with Crippen molar-refractivity contribution in [2.24, 2.45) is 11.5 Å². The average Bonchev–Trinajstić information content (AvgIpc) is 2.57. The van der Waals surface area contributed by atoms with Crippen LogP contribution in [-0.2, 0) is 4.79 Å². The third-order valence-electron chi connectivity index (χ3n) is 4.49. The molecule has 0 bridgehead atoms. The first-order valence-corrected chi connectivity index (χ1v) is 10.8. The number of nitrogens with two attached hydrogens (primary N) is 2. The second-order valence-corrected chi connectivity index (χ2v) is 7.20. The summed E-state index contributed by atoms with van der Waals surface area (Å²) in [5, 5.41) is 8.54. The van der Waals surface area contributed by atoms with Crippen molar-refractivity contribution >= 4 is 12.0 Å². The second-order valence-electron chi connectivity index (χ2n) is 7.20. The first-order valence-electron chi connectivity index (χ1n) is 10.8. The quantitative estimate of drug-likeness (QED) is 0.252. The van der Waals surface area contributed by atoms with Crippen LogP contribution in [0.15, 0.2) is 0 Å². The van der Waals surface area contributed by atoms with Crippen LogP contribution in [0.5, 0.6) is 0 Å². The summed E-state index contributed by atoms with van der Waals surface area (Å²) >= 11 is 0. The highest BCUT2D eigenvalue weighted by Crippen LogP contribution is 2.14. The van der Waals surface area contributed by atoms with E-state index in [1.54, 1.807) is 0 Å². The highest BCUT2D eigenvalue weighted by atomic mass is 16.4. The third-order valence-corrected chi connectivity index (χ3v) is 4.49. The van der Waals surface area contributed by atoms with Gasteiger partial charge in [0.05, 0.1) is 0 Å². The number of primary amides is 2. The Kier molecular flexibility index (Phi) is 24.6. The van der Waals surface area contributed by atoms with Crippen LogP contribution in [0, 0.1) is 0 Å². The zero-order chi connectivity index (χ0) is 19.9. The molecule has 0 saturated carbocycles. The van der Waals surface area contributed by atoms with E-state index in [2.05, 4.69) is 18.4 Å². The summed E-state index contributed by atoms with van der Waals surface area (Å²) in [6.45, 7) is 2.28. The van der Waals surface area contributed by atoms with Crippen LogP contribution in [-0.4, -0.2) is 17.1 Å². The normalized spacial score (nSPS) is 10.2. The molecule has 26 heavy (non-hydrogen) atoms. The molecule has 156 valence electrons. The molecule has 5 N–H and O–H groups in total. The molecule has 0 fully saturated rings. The Morgan fingerprint density at radius 2 is 0.808 bits per heavy atom. The number of carboxylic acids is 1. The van der Waals surface area contributed by atoms with Crippen molar-refractivity contribution in [2.75, 3.05) is 0 Å². The SMILES string of the molecule is CCCCCCCCCCCCCCCCCCCC(=O)O.NC(N)=O. The van der Waals surface area contributed by atoms with Crippen molar-refractivity contribution in [3.8, 4) is 0 Å². The Bertz CT molecular complexity index is 306. The number of hydrogen-bond donors (Lipinski definition) is 3.